The monoisotopic (exact) mass is 466 g/mol. The Labute approximate surface area is 200 Å². The van der Waals surface area contributed by atoms with E-state index >= 15 is 0 Å². The zero-order chi connectivity index (χ0) is 24.4. The van der Waals surface area contributed by atoms with Gasteiger partial charge in [-0.1, -0.05) is 36.4 Å². The fourth-order valence-corrected chi connectivity index (χ4v) is 3.81. The predicted octanol–water partition coefficient (Wildman–Crippen LogP) is 3.61. The highest BCUT2D eigenvalue weighted by atomic mass is 16.4. The summed E-state index contributed by atoms with van der Waals surface area (Å²) in [6, 6.07) is 20.4. The summed E-state index contributed by atoms with van der Waals surface area (Å²) >= 11 is 0. The van der Waals surface area contributed by atoms with Gasteiger partial charge in [0.1, 0.15) is 17.8 Å². The van der Waals surface area contributed by atoms with Crippen molar-refractivity contribution in [3.05, 3.63) is 100 Å². The number of fused-ring (bicyclic) bond motifs is 1. The Hall–Kier alpha value is -4.79. The highest BCUT2D eigenvalue weighted by Crippen LogP contribution is 2.23. The topological polar surface area (TPSA) is 107 Å². The zero-order valence-corrected chi connectivity index (χ0v) is 19.2. The van der Waals surface area contributed by atoms with Gasteiger partial charge in [-0.15, -0.1) is 0 Å². The van der Waals surface area contributed by atoms with Crippen LogP contribution in [0.4, 0.5) is 0 Å². The lowest BCUT2D eigenvalue weighted by atomic mass is 10.1. The van der Waals surface area contributed by atoms with E-state index in [-0.39, 0.29) is 12.5 Å². The number of rotatable bonds is 6. The summed E-state index contributed by atoms with van der Waals surface area (Å²) in [5, 5.41) is 13.8. The van der Waals surface area contributed by atoms with Gasteiger partial charge in [0.05, 0.1) is 23.2 Å². The summed E-state index contributed by atoms with van der Waals surface area (Å²) in [4.78, 5) is 25.2. The van der Waals surface area contributed by atoms with E-state index in [1.165, 1.54) is 6.21 Å². The number of benzene rings is 2. The smallest absolute Gasteiger partial charge is 0.345 e. The van der Waals surface area contributed by atoms with Crippen molar-refractivity contribution in [2.24, 2.45) is 5.10 Å². The van der Waals surface area contributed by atoms with Gasteiger partial charge in [0.15, 0.2) is 0 Å². The quantitative estimate of drug-likeness (QED) is 0.234. The van der Waals surface area contributed by atoms with Gasteiger partial charge in [0, 0.05) is 22.8 Å². The second kappa shape index (κ2) is 9.22. The number of carbonyl (C=O) groups excluding carboxylic acids is 1. The summed E-state index contributed by atoms with van der Waals surface area (Å²) < 4.78 is 8.78. The van der Waals surface area contributed by atoms with Crippen molar-refractivity contribution < 1.29 is 9.21 Å². The number of amides is 1. The molecular formula is C26H22N6O3. The van der Waals surface area contributed by atoms with Crippen LogP contribution in [0, 0.1) is 13.8 Å². The molecule has 3 heterocycles. The summed E-state index contributed by atoms with van der Waals surface area (Å²) in [7, 11) is 0. The van der Waals surface area contributed by atoms with Crippen LogP contribution >= 0.6 is 0 Å². The standard InChI is InChI=1S/C26H22N6O3/c1-17-12-18(2)31(29-17)16-24(33)28-27-14-20-15-32(21-9-4-3-5-10-21)30-25(20)22-13-19-8-6-7-11-23(19)35-26(22)34/h3-15H,16H2,1-2H3,(H,28,33)/b27-14+. The Morgan fingerprint density at radius 3 is 2.60 bits per heavy atom. The third kappa shape index (κ3) is 4.65. The lowest BCUT2D eigenvalue weighted by molar-refractivity contribution is -0.121. The summed E-state index contributed by atoms with van der Waals surface area (Å²) in [5.74, 6) is -0.324. The molecule has 0 saturated carbocycles. The molecule has 5 rings (SSSR count). The van der Waals surface area contributed by atoms with Crippen molar-refractivity contribution in [2.45, 2.75) is 20.4 Å². The third-order valence-corrected chi connectivity index (χ3v) is 5.45. The lowest BCUT2D eigenvalue weighted by Gasteiger charge is -2.03. The van der Waals surface area contributed by atoms with Crippen molar-refractivity contribution in [2.75, 3.05) is 0 Å². The first-order chi connectivity index (χ1) is 17.0. The molecule has 35 heavy (non-hydrogen) atoms. The second-order valence-corrected chi connectivity index (χ2v) is 8.08. The molecule has 0 aliphatic heterocycles. The largest absolute Gasteiger partial charge is 0.422 e. The molecule has 174 valence electrons. The lowest BCUT2D eigenvalue weighted by Crippen LogP contribution is -2.24. The number of para-hydroxylation sites is 2. The predicted molar refractivity (Wildman–Crippen MR) is 132 cm³/mol. The number of hydrogen-bond donors (Lipinski definition) is 1. The van der Waals surface area contributed by atoms with Gasteiger partial charge >= 0.3 is 5.63 Å². The molecule has 0 saturated heterocycles. The van der Waals surface area contributed by atoms with Crippen molar-refractivity contribution in [1.29, 1.82) is 0 Å². The minimum Gasteiger partial charge on any atom is -0.422 e. The maximum Gasteiger partial charge on any atom is 0.345 e. The zero-order valence-electron chi connectivity index (χ0n) is 19.2. The number of carbonyl (C=O) groups is 1. The Kier molecular flexibility index (Phi) is 5.80. The molecule has 0 aliphatic carbocycles. The van der Waals surface area contributed by atoms with Gasteiger partial charge in [-0.05, 0) is 44.2 Å². The van der Waals surface area contributed by atoms with E-state index in [4.69, 9.17) is 4.42 Å². The third-order valence-electron chi connectivity index (χ3n) is 5.45. The molecule has 2 aromatic carbocycles. The minimum absolute atomic E-state index is 0.0431. The maximum atomic E-state index is 12.8. The molecule has 3 aromatic heterocycles. The number of aryl methyl sites for hydroxylation is 2. The van der Waals surface area contributed by atoms with E-state index in [2.05, 4.69) is 20.7 Å². The first kappa shape index (κ1) is 22.0. The van der Waals surface area contributed by atoms with Gasteiger partial charge in [0.25, 0.3) is 5.91 Å². The molecule has 0 atom stereocenters. The fourth-order valence-electron chi connectivity index (χ4n) is 3.81. The van der Waals surface area contributed by atoms with E-state index in [9.17, 15) is 9.59 Å². The molecule has 0 aliphatic rings. The molecule has 0 unspecified atom stereocenters. The van der Waals surface area contributed by atoms with Crippen molar-refractivity contribution >= 4 is 23.1 Å². The number of aromatic nitrogens is 4. The molecular weight excluding hydrogens is 444 g/mol. The van der Waals surface area contributed by atoms with Crippen LogP contribution in [0.1, 0.15) is 17.0 Å². The Morgan fingerprint density at radius 2 is 1.83 bits per heavy atom. The van der Waals surface area contributed by atoms with Crippen LogP contribution in [0.15, 0.2) is 87.2 Å². The van der Waals surface area contributed by atoms with Crippen molar-refractivity contribution in [3.63, 3.8) is 0 Å². The van der Waals surface area contributed by atoms with Crippen molar-refractivity contribution in [1.82, 2.24) is 25.0 Å². The number of nitrogens with one attached hydrogen (secondary N) is 1. The van der Waals surface area contributed by atoms with Crippen LogP contribution < -0.4 is 11.1 Å². The first-order valence-electron chi connectivity index (χ1n) is 11.0. The molecule has 0 radical (unpaired) electrons. The van der Waals surface area contributed by atoms with Crippen LogP contribution in [-0.2, 0) is 11.3 Å². The number of nitrogens with zero attached hydrogens (tertiary/aromatic N) is 5. The summed E-state index contributed by atoms with van der Waals surface area (Å²) in [6.45, 7) is 3.80. The Bertz CT molecular complexity index is 1610. The van der Waals surface area contributed by atoms with Crippen molar-refractivity contribution in [3.8, 4) is 16.9 Å². The van der Waals surface area contributed by atoms with Gasteiger partial charge in [0.2, 0.25) is 0 Å². The molecule has 0 fully saturated rings. The van der Waals surface area contributed by atoms with Crippen LogP contribution in [-0.4, -0.2) is 31.7 Å². The Balaban J connectivity index is 1.48. The van der Waals surface area contributed by atoms with Crippen LogP contribution in [0.5, 0.6) is 0 Å². The number of hydrogen-bond acceptors (Lipinski definition) is 6. The van der Waals surface area contributed by atoms with E-state index in [0.29, 0.717) is 22.4 Å². The maximum absolute atomic E-state index is 12.8. The second-order valence-electron chi connectivity index (χ2n) is 8.08. The van der Waals surface area contributed by atoms with Crippen LogP contribution in [0.3, 0.4) is 0 Å². The van der Waals surface area contributed by atoms with E-state index in [1.54, 1.807) is 27.7 Å². The first-order valence-corrected chi connectivity index (χ1v) is 11.0. The molecule has 1 amide bonds. The average molecular weight is 467 g/mol. The normalized spacial score (nSPS) is 11.4. The Morgan fingerprint density at radius 1 is 1.06 bits per heavy atom. The van der Waals surface area contributed by atoms with E-state index in [1.807, 2.05) is 68.4 Å². The summed E-state index contributed by atoms with van der Waals surface area (Å²) in [5.41, 5.74) is 6.28. The average Bonchev–Trinajstić information content (AvgIpc) is 3.41. The van der Waals surface area contributed by atoms with Crippen LogP contribution in [0.2, 0.25) is 0 Å². The number of hydrazone groups is 1. The van der Waals surface area contributed by atoms with Gasteiger partial charge in [-0.25, -0.2) is 14.9 Å². The molecule has 1 N–H and O–H groups in total. The minimum atomic E-state index is -0.509. The SMILES string of the molecule is Cc1cc(C)n(CC(=O)N/N=C/c2cn(-c3ccccc3)nc2-c2cc3ccccc3oc2=O)n1. The molecule has 0 bridgehead atoms. The molecule has 5 aromatic rings. The molecule has 9 heteroatoms. The van der Waals surface area contributed by atoms with Gasteiger partial charge < -0.3 is 4.42 Å². The summed E-state index contributed by atoms with van der Waals surface area (Å²) in [6.07, 6.45) is 3.21. The van der Waals surface area contributed by atoms with E-state index in [0.717, 1.165) is 22.5 Å². The van der Waals surface area contributed by atoms with Gasteiger partial charge in [-0.3, -0.25) is 9.48 Å². The fraction of sp³-hybridized carbons (Fsp3) is 0.115. The highest BCUT2D eigenvalue weighted by Gasteiger charge is 2.16. The molecule has 9 nitrogen and oxygen atoms in total. The molecule has 0 spiro atoms. The van der Waals surface area contributed by atoms with E-state index < -0.39 is 5.63 Å². The highest BCUT2D eigenvalue weighted by molar-refractivity contribution is 5.91. The van der Waals surface area contributed by atoms with Crippen LogP contribution in [0.25, 0.3) is 27.9 Å². The van der Waals surface area contributed by atoms with Gasteiger partial charge in [-0.2, -0.15) is 15.3 Å².